The molecule has 0 saturated heterocycles. The molecule has 10 heteroatoms. The number of carbonyl (C=O) groups is 4. The van der Waals surface area contributed by atoms with Gasteiger partial charge < -0.3 is 10.6 Å². The van der Waals surface area contributed by atoms with Gasteiger partial charge in [0.15, 0.2) is 5.69 Å². The first kappa shape index (κ1) is 23.4. The number of imide groups is 1. The molecule has 2 aliphatic rings. The van der Waals surface area contributed by atoms with Crippen molar-refractivity contribution in [1.29, 1.82) is 0 Å². The van der Waals surface area contributed by atoms with E-state index in [9.17, 15) is 19.2 Å². The first-order chi connectivity index (χ1) is 17.5. The minimum absolute atomic E-state index is 0.158. The molecule has 5 rings (SSSR count). The van der Waals surface area contributed by atoms with Gasteiger partial charge in [-0.15, -0.1) is 5.10 Å². The smallest absolute Gasteiger partial charge is 0.273 e. The van der Waals surface area contributed by atoms with Crippen LogP contribution in [0.5, 0.6) is 0 Å². The molecule has 0 unspecified atom stereocenters. The zero-order chi connectivity index (χ0) is 25.2. The van der Waals surface area contributed by atoms with Gasteiger partial charge in [-0.2, -0.15) is 0 Å². The third-order valence-corrected chi connectivity index (χ3v) is 6.28. The van der Waals surface area contributed by atoms with E-state index in [0.29, 0.717) is 47.5 Å². The lowest BCUT2D eigenvalue weighted by molar-refractivity contribution is 0.0651. The number of carbonyl (C=O) groups excluding carboxylic acids is 4. The Morgan fingerprint density at radius 1 is 0.972 bits per heavy atom. The number of fused-ring (bicyclic) bond motifs is 1. The van der Waals surface area contributed by atoms with E-state index < -0.39 is 0 Å². The van der Waals surface area contributed by atoms with Gasteiger partial charge in [0.2, 0.25) is 0 Å². The Balaban J connectivity index is 1.36. The van der Waals surface area contributed by atoms with E-state index in [0.717, 1.165) is 12.8 Å². The van der Waals surface area contributed by atoms with E-state index in [4.69, 9.17) is 0 Å². The fourth-order valence-electron chi connectivity index (χ4n) is 4.25. The highest BCUT2D eigenvalue weighted by Crippen LogP contribution is 2.24. The SMILES string of the molecule is CCNC(=O)c1ccc(-n2nnc(C(=O)NC3CC3)c2CCCN2C(=O)c3ccccc3C2=O)cc1. The minimum Gasteiger partial charge on any atom is -0.352 e. The van der Waals surface area contributed by atoms with E-state index in [1.54, 1.807) is 53.2 Å². The summed E-state index contributed by atoms with van der Waals surface area (Å²) in [5, 5.41) is 14.1. The topological polar surface area (TPSA) is 126 Å². The van der Waals surface area contributed by atoms with Crippen molar-refractivity contribution < 1.29 is 19.2 Å². The van der Waals surface area contributed by atoms with Gasteiger partial charge in [0.25, 0.3) is 23.6 Å². The summed E-state index contributed by atoms with van der Waals surface area (Å²) in [6.45, 7) is 2.59. The zero-order valence-electron chi connectivity index (χ0n) is 19.9. The highest BCUT2D eigenvalue weighted by atomic mass is 16.2. The summed E-state index contributed by atoms with van der Waals surface area (Å²) < 4.78 is 1.58. The van der Waals surface area contributed by atoms with Crippen molar-refractivity contribution in [3.05, 3.63) is 76.6 Å². The lowest BCUT2D eigenvalue weighted by Gasteiger charge is -2.14. The van der Waals surface area contributed by atoms with Crippen molar-refractivity contribution in [1.82, 2.24) is 30.5 Å². The van der Waals surface area contributed by atoms with Crippen LogP contribution in [0.2, 0.25) is 0 Å². The molecule has 0 atom stereocenters. The molecule has 0 radical (unpaired) electrons. The predicted molar refractivity (Wildman–Crippen MR) is 130 cm³/mol. The predicted octanol–water partition coefficient (Wildman–Crippen LogP) is 2.14. The van der Waals surface area contributed by atoms with Gasteiger partial charge in [0, 0.05) is 24.7 Å². The molecule has 1 saturated carbocycles. The van der Waals surface area contributed by atoms with Crippen LogP contribution in [-0.2, 0) is 6.42 Å². The molecule has 0 spiro atoms. The van der Waals surface area contributed by atoms with Crippen LogP contribution in [0.1, 0.15) is 73.4 Å². The number of hydrogen-bond acceptors (Lipinski definition) is 6. The summed E-state index contributed by atoms with van der Waals surface area (Å²) in [7, 11) is 0. The van der Waals surface area contributed by atoms with Crippen LogP contribution in [0.15, 0.2) is 48.5 Å². The van der Waals surface area contributed by atoms with Crippen molar-refractivity contribution in [2.75, 3.05) is 13.1 Å². The molecule has 2 aromatic carbocycles. The Morgan fingerprint density at radius 3 is 2.25 bits per heavy atom. The molecule has 1 aliphatic heterocycles. The maximum atomic E-state index is 12.8. The van der Waals surface area contributed by atoms with Crippen molar-refractivity contribution >= 4 is 23.6 Å². The van der Waals surface area contributed by atoms with Gasteiger partial charge in [-0.05, 0) is 69.0 Å². The average molecular weight is 487 g/mol. The Morgan fingerprint density at radius 2 is 1.64 bits per heavy atom. The van der Waals surface area contributed by atoms with E-state index in [2.05, 4.69) is 20.9 Å². The van der Waals surface area contributed by atoms with Crippen LogP contribution in [0.4, 0.5) is 0 Å². The Hall–Kier alpha value is -4.34. The molecule has 184 valence electrons. The van der Waals surface area contributed by atoms with Crippen LogP contribution in [0.3, 0.4) is 0 Å². The van der Waals surface area contributed by atoms with Crippen LogP contribution in [-0.4, -0.2) is 62.7 Å². The number of amides is 4. The highest BCUT2D eigenvalue weighted by Gasteiger charge is 2.35. The van der Waals surface area contributed by atoms with Crippen molar-refractivity contribution in [3.8, 4) is 5.69 Å². The zero-order valence-corrected chi connectivity index (χ0v) is 19.9. The third kappa shape index (κ3) is 4.49. The van der Waals surface area contributed by atoms with Crippen LogP contribution < -0.4 is 10.6 Å². The van der Waals surface area contributed by atoms with Crippen molar-refractivity contribution in [2.45, 2.75) is 38.6 Å². The van der Waals surface area contributed by atoms with Gasteiger partial charge in [-0.3, -0.25) is 24.1 Å². The fraction of sp³-hybridized carbons (Fsp3) is 0.308. The summed E-state index contributed by atoms with van der Waals surface area (Å²) >= 11 is 0. The highest BCUT2D eigenvalue weighted by molar-refractivity contribution is 6.21. The Kier molecular flexibility index (Phi) is 6.32. The number of hydrogen-bond donors (Lipinski definition) is 2. The average Bonchev–Trinajstić information content (AvgIpc) is 3.55. The molecule has 2 N–H and O–H groups in total. The second kappa shape index (κ2) is 9.73. The first-order valence-corrected chi connectivity index (χ1v) is 12.1. The lowest BCUT2D eigenvalue weighted by Crippen LogP contribution is -2.31. The summed E-state index contributed by atoms with van der Waals surface area (Å²) in [6, 6.07) is 13.8. The maximum absolute atomic E-state index is 12.8. The monoisotopic (exact) mass is 486 g/mol. The Bertz CT molecular complexity index is 1310. The number of benzene rings is 2. The molecular formula is C26H26N6O4. The Labute approximate surface area is 207 Å². The van der Waals surface area contributed by atoms with Crippen LogP contribution >= 0.6 is 0 Å². The number of nitrogens with zero attached hydrogens (tertiary/aromatic N) is 4. The summed E-state index contributed by atoms with van der Waals surface area (Å²) in [4.78, 5) is 51.6. The molecule has 1 aliphatic carbocycles. The quantitative estimate of drug-likeness (QED) is 0.446. The number of aromatic nitrogens is 3. The largest absolute Gasteiger partial charge is 0.352 e. The molecule has 10 nitrogen and oxygen atoms in total. The molecule has 4 amide bonds. The molecule has 1 fully saturated rings. The second-order valence-electron chi connectivity index (χ2n) is 8.86. The minimum atomic E-state index is -0.310. The van der Waals surface area contributed by atoms with E-state index in [1.807, 2.05) is 6.92 Å². The van der Waals surface area contributed by atoms with Crippen molar-refractivity contribution in [2.24, 2.45) is 0 Å². The van der Waals surface area contributed by atoms with Gasteiger partial charge >= 0.3 is 0 Å². The van der Waals surface area contributed by atoms with Gasteiger partial charge in [-0.25, -0.2) is 4.68 Å². The maximum Gasteiger partial charge on any atom is 0.273 e. The van der Waals surface area contributed by atoms with Crippen LogP contribution in [0.25, 0.3) is 5.69 Å². The normalized spacial score (nSPS) is 14.6. The molecule has 1 aromatic heterocycles. The third-order valence-electron chi connectivity index (χ3n) is 6.28. The van der Waals surface area contributed by atoms with E-state index >= 15 is 0 Å². The molecule has 0 bridgehead atoms. The summed E-state index contributed by atoms with van der Waals surface area (Å²) in [6.07, 6.45) is 2.68. The second-order valence-corrected chi connectivity index (χ2v) is 8.86. The van der Waals surface area contributed by atoms with Crippen molar-refractivity contribution in [3.63, 3.8) is 0 Å². The molecular weight excluding hydrogens is 460 g/mol. The molecule has 2 heterocycles. The van der Waals surface area contributed by atoms with Gasteiger partial charge in [0.05, 0.1) is 22.5 Å². The van der Waals surface area contributed by atoms with E-state index in [1.165, 1.54) is 4.90 Å². The van der Waals surface area contributed by atoms with E-state index in [-0.39, 0.29) is 41.9 Å². The molecule has 36 heavy (non-hydrogen) atoms. The standard InChI is InChI=1S/C26H26N6O4/c1-2-27-23(33)16-9-13-18(14-10-16)32-21(22(29-30-32)24(34)28-17-11-12-17)8-5-15-31-25(35)19-6-3-4-7-20(19)26(31)36/h3-4,6-7,9-10,13-14,17H,2,5,8,11-12,15H2,1H3,(H,27,33)(H,28,34). The van der Waals surface area contributed by atoms with Gasteiger partial charge in [0.1, 0.15) is 0 Å². The number of rotatable bonds is 9. The number of nitrogens with one attached hydrogen (secondary N) is 2. The van der Waals surface area contributed by atoms with Gasteiger partial charge in [-0.1, -0.05) is 17.3 Å². The molecule has 3 aromatic rings. The summed E-state index contributed by atoms with van der Waals surface area (Å²) in [5.41, 5.74) is 2.78. The van der Waals surface area contributed by atoms with Crippen LogP contribution in [0, 0.1) is 0 Å². The summed E-state index contributed by atoms with van der Waals surface area (Å²) in [5.74, 6) is -1.09. The first-order valence-electron chi connectivity index (χ1n) is 12.1. The lowest BCUT2D eigenvalue weighted by atomic mass is 10.1. The fourth-order valence-corrected chi connectivity index (χ4v) is 4.25.